The summed E-state index contributed by atoms with van der Waals surface area (Å²) in [5.74, 6) is -1.98. The molecule has 3 aromatic rings. The van der Waals surface area contributed by atoms with Gasteiger partial charge in [-0.15, -0.1) is 0 Å². The molecular weight excluding hydrogens is 394 g/mol. The molecule has 1 aromatic heterocycles. The lowest BCUT2D eigenvalue weighted by atomic mass is 10.0. The van der Waals surface area contributed by atoms with Gasteiger partial charge in [0.05, 0.1) is 12.1 Å². The van der Waals surface area contributed by atoms with Gasteiger partial charge in [0.2, 0.25) is 11.7 Å². The van der Waals surface area contributed by atoms with Crippen LogP contribution in [-0.4, -0.2) is 22.1 Å². The maximum Gasteiger partial charge on any atom is 0.271 e. The van der Waals surface area contributed by atoms with E-state index in [1.54, 1.807) is 6.07 Å². The van der Waals surface area contributed by atoms with E-state index in [-0.39, 0.29) is 29.0 Å². The average molecular weight is 410 g/mol. The fourth-order valence-electron chi connectivity index (χ4n) is 2.96. The molecule has 6 nitrogen and oxygen atoms in total. The third-order valence-corrected chi connectivity index (χ3v) is 4.52. The first-order chi connectivity index (χ1) is 14.3. The molecule has 0 saturated heterocycles. The van der Waals surface area contributed by atoms with Crippen LogP contribution < -0.4 is 10.3 Å². The Bertz CT molecular complexity index is 1190. The van der Waals surface area contributed by atoms with Gasteiger partial charge < -0.3 is 9.84 Å². The molecule has 1 N–H and O–H groups in total. The van der Waals surface area contributed by atoms with E-state index in [2.05, 4.69) is 0 Å². The quantitative estimate of drug-likeness (QED) is 0.630. The molecule has 0 radical (unpaired) electrons. The van der Waals surface area contributed by atoms with E-state index in [0.717, 1.165) is 4.57 Å². The monoisotopic (exact) mass is 410 g/mol. The fourth-order valence-corrected chi connectivity index (χ4v) is 2.96. The number of ketones is 1. The van der Waals surface area contributed by atoms with Crippen LogP contribution in [0.25, 0.3) is 0 Å². The highest BCUT2D eigenvalue weighted by Crippen LogP contribution is 2.24. The standard InChI is InChI=1S/C22H16F2N2O4/c1-13-18(10-25)21(28)26(11-14-2-4-15(23)5-3-14)22(29)20(13)19(27)12-30-17-8-6-16(24)7-9-17/h2-9,29H,11-12H2,1H3. The molecule has 8 heteroatoms. The number of rotatable bonds is 6. The summed E-state index contributed by atoms with van der Waals surface area (Å²) in [4.78, 5) is 25.3. The summed E-state index contributed by atoms with van der Waals surface area (Å²) in [6.45, 7) is 0.714. The molecule has 3 rings (SSSR count). The Labute approximate surface area is 170 Å². The lowest BCUT2D eigenvalue weighted by Gasteiger charge is -2.16. The number of halogens is 2. The van der Waals surface area contributed by atoms with E-state index >= 15 is 0 Å². The number of hydrogen-bond donors (Lipinski definition) is 1. The van der Waals surface area contributed by atoms with Gasteiger partial charge in [-0.1, -0.05) is 12.1 Å². The van der Waals surface area contributed by atoms with E-state index in [4.69, 9.17) is 4.74 Å². The smallest absolute Gasteiger partial charge is 0.271 e. The number of Topliss-reactive ketones (excluding diaryl/α,β-unsaturated/α-hetero) is 1. The summed E-state index contributed by atoms with van der Waals surface area (Å²) >= 11 is 0. The minimum absolute atomic E-state index is 0.0306. The molecule has 0 aliphatic rings. The largest absolute Gasteiger partial charge is 0.494 e. The Morgan fingerprint density at radius 1 is 1.10 bits per heavy atom. The molecule has 0 bridgehead atoms. The normalized spacial score (nSPS) is 10.5. The third kappa shape index (κ3) is 4.20. The van der Waals surface area contributed by atoms with Crippen LogP contribution >= 0.6 is 0 Å². The first-order valence-corrected chi connectivity index (χ1v) is 8.84. The zero-order chi connectivity index (χ0) is 21.8. The van der Waals surface area contributed by atoms with Crippen LogP contribution in [0.3, 0.4) is 0 Å². The molecule has 0 fully saturated rings. The predicted octanol–water partition coefficient (Wildman–Crippen LogP) is 3.32. The molecule has 0 atom stereocenters. The summed E-state index contributed by atoms with van der Waals surface area (Å²) in [7, 11) is 0. The van der Waals surface area contributed by atoms with E-state index in [1.807, 2.05) is 0 Å². The molecule has 0 aliphatic heterocycles. The maximum absolute atomic E-state index is 13.1. The average Bonchev–Trinajstić information content (AvgIpc) is 2.72. The van der Waals surface area contributed by atoms with Crippen LogP contribution in [0.15, 0.2) is 53.3 Å². The van der Waals surface area contributed by atoms with Gasteiger partial charge in [0.1, 0.15) is 29.0 Å². The Morgan fingerprint density at radius 3 is 2.23 bits per heavy atom. The zero-order valence-corrected chi connectivity index (χ0v) is 15.9. The number of hydrogen-bond acceptors (Lipinski definition) is 5. The lowest BCUT2D eigenvalue weighted by Crippen LogP contribution is -2.28. The highest BCUT2D eigenvalue weighted by molar-refractivity contribution is 6.01. The van der Waals surface area contributed by atoms with Crippen molar-refractivity contribution in [2.75, 3.05) is 6.61 Å². The zero-order valence-electron chi connectivity index (χ0n) is 15.9. The topological polar surface area (TPSA) is 92.3 Å². The number of ether oxygens (including phenoxy) is 1. The molecule has 30 heavy (non-hydrogen) atoms. The second-order valence-electron chi connectivity index (χ2n) is 6.49. The summed E-state index contributed by atoms with van der Waals surface area (Å²) in [5.41, 5.74) is -0.770. The molecule has 0 unspecified atom stereocenters. The van der Waals surface area contributed by atoms with Gasteiger partial charge in [-0.2, -0.15) is 5.26 Å². The molecule has 0 aliphatic carbocycles. The molecule has 0 saturated carbocycles. The van der Waals surface area contributed by atoms with Crippen molar-refractivity contribution in [2.45, 2.75) is 13.5 Å². The first-order valence-electron chi connectivity index (χ1n) is 8.84. The number of nitrogens with zero attached hydrogens (tertiary/aromatic N) is 2. The van der Waals surface area contributed by atoms with Gasteiger partial charge in [0.15, 0.2) is 6.61 Å². The van der Waals surface area contributed by atoms with Crippen molar-refractivity contribution in [1.29, 1.82) is 5.26 Å². The van der Waals surface area contributed by atoms with E-state index in [9.17, 15) is 28.7 Å². The van der Waals surface area contributed by atoms with Crippen molar-refractivity contribution in [3.05, 3.63) is 92.8 Å². The van der Waals surface area contributed by atoms with Gasteiger partial charge in [-0.05, 0) is 54.4 Å². The van der Waals surface area contributed by atoms with Crippen molar-refractivity contribution < 1.29 is 23.4 Å². The van der Waals surface area contributed by atoms with Crippen LogP contribution in [0.1, 0.15) is 27.0 Å². The number of carbonyl (C=O) groups is 1. The van der Waals surface area contributed by atoms with Crippen molar-refractivity contribution in [2.24, 2.45) is 0 Å². The molecule has 152 valence electrons. The van der Waals surface area contributed by atoms with Crippen LogP contribution in [0.5, 0.6) is 11.6 Å². The number of aromatic nitrogens is 1. The summed E-state index contributed by atoms with van der Waals surface area (Å²) in [6.07, 6.45) is 0. The van der Waals surface area contributed by atoms with Crippen molar-refractivity contribution in [1.82, 2.24) is 4.57 Å². The summed E-state index contributed by atoms with van der Waals surface area (Å²) in [6, 6.07) is 12.0. The SMILES string of the molecule is Cc1c(C(=O)COc2ccc(F)cc2)c(O)n(Cc2ccc(F)cc2)c(=O)c1C#N. The predicted molar refractivity (Wildman–Crippen MR) is 104 cm³/mol. The highest BCUT2D eigenvalue weighted by atomic mass is 19.1. The molecular formula is C22H16F2N2O4. The van der Waals surface area contributed by atoms with Gasteiger partial charge in [0.25, 0.3) is 5.56 Å². The molecule has 2 aromatic carbocycles. The lowest BCUT2D eigenvalue weighted by molar-refractivity contribution is 0.0916. The van der Waals surface area contributed by atoms with Crippen LogP contribution in [0, 0.1) is 29.9 Å². The summed E-state index contributed by atoms with van der Waals surface area (Å²) < 4.78 is 32.3. The molecule has 1 heterocycles. The van der Waals surface area contributed by atoms with Gasteiger partial charge in [0, 0.05) is 0 Å². The fraction of sp³-hybridized carbons (Fsp3) is 0.136. The first kappa shape index (κ1) is 20.7. The van der Waals surface area contributed by atoms with Crippen molar-refractivity contribution in [3.8, 4) is 17.7 Å². The number of nitriles is 1. The highest BCUT2D eigenvalue weighted by Gasteiger charge is 2.24. The minimum atomic E-state index is -0.771. The number of pyridine rings is 1. The van der Waals surface area contributed by atoms with Crippen molar-refractivity contribution in [3.63, 3.8) is 0 Å². The Balaban J connectivity index is 1.97. The number of aromatic hydroxyl groups is 1. The number of benzene rings is 2. The maximum atomic E-state index is 13.1. The van der Waals surface area contributed by atoms with E-state index in [0.29, 0.717) is 5.56 Å². The van der Waals surface area contributed by atoms with Gasteiger partial charge in [-0.3, -0.25) is 14.2 Å². The summed E-state index contributed by atoms with van der Waals surface area (Å²) in [5, 5.41) is 20.0. The Hall–Kier alpha value is -3.99. The Morgan fingerprint density at radius 2 is 1.67 bits per heavy atom. The van der Waals surface area contributed by atoms with E-state index < -0.39 is 35.5 Å². The Kier molecular flexibility index (Phi) is 5.93. The van der Waals surface area contributed by atoms with Crippen LogP contribution in [0.2, 0.25) is 0 Å². The van der Waals surface area contributed by atoms with Gasteiger partial charge >= 0.3 is 0 Å². The van der Waals surface area contributed by atoms with Gasteiger partial charge in [-0.25, -0.2) is 8.78 Å². The van der Waals surface area contributed by atoms with Crippen LogP contribution in [-0.2, 0) is 6.54 Å². The molecule has 0 amide bonds. The molecule has 0 spiro atoms. The number of carbonyl (C=O) groups excluding carboxylic acids is 1. The second kappa shape index (κ2) is 8.57. The van der Waals surface area contributed by atoms with E-state index in [1.165, 1.54) is 55.5 Å². The second-order valence-corrected chi connectivity index (χ2v) is 6.49. The minimum Gasteiger partial charge on any atom is -0.494 e. The third-order valence-electron chi connectivity index (χ3n) is 4.52. The van der Waals surface area contributed by atoms with Crippen molar-refractivity contribution >= 4 is 5.78 Å². The van der Waals surface area contributed by atoms with Crippen LogP contribution in [0.4, 0.5) is 8.78 Å².